The van der Waals surface area contributed by atoms with Crippen molar-refractivity contribution in [3.8, 4) is 11.8 Å². The van der Waals surface area contributed by atoms with Crippen LogP contribution in [-0.2, 0) is 6.42 Å². The minimum absolute atomic E-state index is 0.0914. The van der Waals surface area contributed by atoms with Crippen molar-refractivity contribution in [2.75, 3.05) is 0 Å². The highest BCUT2D eigenvalue weighted by molar-refractivity contribution is 5.94. The Kier molecular flexibility index (Phi) is 3.69. The molecule has 1 aromatic carbocycles. The van der Waals surface area contributed by atoms with E-state index in [0.717, 1.165) is 11.1 Å². The number of allylic oxidation sites excluding steroid dienone is 1. The third-order valence-corrected chi connectivity index (χ3v) is 1.86. The molecule has 0 aromatic heterocycles. The summed E-state index contributed by atoms with van der Waals surface area (Å²) in [6, 6.07) is 7.50. The van der Waals surface area contributed by atoms with E-state index in [1.165, 1.54) is 0 Å². The summed E-state index contributed by atoms with van der Waals surface area (Å²) in [5.41, 5.74) is 1.86. The molecule has 1 aromatic rings. The SMILES string of the molecule is C=CC#CCc1ccc(C(C)=O)cc1. The Balaban J connectivity index is 2.73. The van der Waals surface area contributed by atoms with Gasteiger partial charge in [-0.05, 0) is 18.6 Å². The summed E-state index contributed by atoms with van der Waals surface area (Å²) >= 11 is 0. The summed E-state index contributed by atoms with van der Waals surface area (Å²) in [6.45, 7) is 5.07. The van der Waals surface area contributed by atoms with Gasteiger partial charge in [0.1, 0.15) is 0 Å². The normalized spacial score (nSPS) is 8.64. The molecular formula is C13H12O. The summed E-state index contributed by atoms with van der Waals surface area (Å²) in [5, 5.41) is 0. The molecule has 0 aliphatic rings. The number of carbonyl (C=O) groups excluding carboxylic acids is 1. The van der Waals surface area contributed by atoms with E-state index in [1.807, 2.05) is 24.3 Å². The molecule has 0 atom stereocenters. The van der Waals surface area contributed by atoms with Gasteiger partial charge in [-0.15, -0.1) is 0 Å². The molecule has 70 valence electrons. The zero-order chi connectivity index (χ0) is 10.4. The maximum atomic E-state index is 11.0. The van der Waals surface area contributed by atoms with E-state index in [1.54, 1.807) is 13.0 Å². The van der Waals surface area contributed by atoms with E-state index in [0.29, 0.717) is 6.42 Å². The number of hydrogen-bond acceptors (Lipinski definition) is 1. The standard InChI is InChI=1S/C13H12O/c1-3-4-5-6-12-7-9-13(10-8-12)11(2)14/h3,7-10H,1,6H2,2H3. The molecule has 0 aliphatic carbocycles. The second-order valence-electron chi connectivity index (χ2n) is 2.96. The third-order valence-electron chi connectivity index (χ3n) is 1.86. The van der Waals surface area contributed by atoms with Crippen LogP contribution in [0.3, 0.4) is 0 Å². The van der Waals surface area contributed by atoms with Gasteiger partial charge in [0.05, 0.1) is 0 Å². The second kappa shape index (κ2) is 5.04. The van der Waals surface area contributed by atoms with Crippen LogP contribution in [0.1, 0.15) is 22.8 Å². The minimum Gasteiger partial charge on any atom is -0.295 e. The third kappa shape index (κ3) is 2.91. The Labute approximate surface area is 84.5 Å². The molecule has 1 heteroatoms. The van der Waals surface area contributed by atoms with Crippen LogP contribution in [0.25, 0.3) is 0 Å². The zero-order valence-electron chi connectivity index (χ0n) is 8.21. The highest BCUT2D eigenvalue weighted by Crippen LogP contribution is 2.05. The molecule has 0 N–H and O–H groups in total. The van der Waals surface area contributed by atoms with Crippen molar-refractivity contribution >= 4 is 5.78 Å². The first-order valence-corrected chi connectivity index (χ1v) is 4.43. The molecule has 14 heavy (non-hydrogen) atoms. The summed E-state index contributed by atoms with van der Waals surface area (Å²) < 4.78 is 0. The minimum atomic E-state index is 0.0914. The van der Waals surface area contributed by atoms with Crippen molar-refractivity contribution in [2.24, 2.45) is 0 Å². The van der Waals surface area contributed by atoms with Gasteiger partial charge in [0.15, 0.2) is 5.78 Å². The number of benzene rings is 1. The number of carbonyl (C=O) groups is 1. The van der Waals surface area contributed by atoms with Crippen LogP contribution >= 0.6 is 0 Å². The molecule has 0 unspecified atom stereocenters. The molecule has 0 radical (unpaired) electrons. The maximum Gasteiger partial charge on any atom is 0.159 e. The van der Waals surface area contributed by atoms with Gasteiger partial charge in [-0.1, -0.05) is 42.7 Å². The van der Waals surface area contributed by atoms with Gasteiger partial charge in [0, 0.05) is 12.0 Å². The highest BCUT2D eigenvalue weighted by Gasteiger charge is 1.97. The van der Waals surface area contributed by atoms with E-state index < -0.39 is 0 Å². The van der Waals surface area contributed by atoms with Crippen molar-refractivity contribution < 1.29 is 4.79 Å². The van der Waals surface area contributed by atoms with Crippen LogP contribution in [-0.4, -0.2) is 5.78 Å². The van der Waals surface area contributed by atoms with Crippen LogP contribution in [0.2, 0.25) is 0 Å². The monoisotopic (exact) mass is 184 g/mol. The molecule has 1 rings (SSSR count). The topological polar surface area (TPSA) is 17.1 Å². The largest absolute Gasteiger partial charge is 0.295 e. The number of hydrogen-bond donors (Lipinski definition) is 0. The molecule has 0 aliphatic heterocycles. The lowest BCUT2D eigenvalue weighted by Crippen LogP contribution is -1.91. The van der Waals surface area contributed by atoms with E-state index in [-0.39, 0.29) is 5.78 Å². The van der Waals surface area contributed by atoms with Crippen LogP contribution in [0, 0.1) is 11.8 Å². The molecule has 0 amide bonds. The Morgan fingerprint density at radius 3 is 2.57 bits per heavy atom. The zero-order valence-corrected chi connectivity index (χ0v) is 8.21. The lowest BCUT2D eigenvalue weighted by Gasteiger charge is -1.97. The van der Waals surface area contributed by atoms with Crippen LogP contribution < -0.4 is 0 Å². The lowest BCUT2D eigenvalue weighted by molar-refractivity contribution is 0.101. The van der Waals surface area contributed by atoms with E-state index in [9.17, 15) is 4.79 Å². The Morgan fingerprint density at radius 1 is 1.43 bits per heavy atom. The van der Waals surface area contributed by atoms with Crippen molar-refractivity contribution in [2.45, 2.75) is 13.3 Å². The first kappa shape index (κ1) is 10.3. The fourth-order valence-electron chi connectivity index (χ4n) is 1.08. The molecule has 0 saturated carbocycles. The molecule has 0 heterocycles. The predicted octanol–water partition coefficient (Wildman–Crippen LogP) is 2.62. The fourth-order valence-corrected chi connectivity index (χ4v) is 1.08. The second-order valence-corrected chi connectivity index (χ2v) is 2.96. The van der Waals surface area contributed by atoms with Crippen LogP contribution in [0.15, 0.2) is 36.9 Å². The summed E-state index contributed by atoms with van der Waals surface area (Å²) in [7, 11) is 0. The van der Waals surface area contributed by atoms with Gasteiger partial charge in [-0.2, -0.15) is 0 Å². The Bertz CT molecular complexity index is 387. The Hall–Kier alpha value is -1.81. The lowest BCUT2D eigenvalue weighted by atomic mass is 10.1. The molecule has 1 nitrogen and oxygen atoms in total. The molecule has 0 bridgehead atoms. The van der Waals surface area contributed by atoms with E-state index >= 15 is 0 Å². The van der Waals surface area contributed by atoms with Gasteiger partial charge in [0.2, 0.25) is 0 Å². The van der Waals surface area contributed by atoms with Gasteiger partial charge in [-0.25, -0.2) is 0 Å². The highest BCUT2D eigenvalue weighted by atomic mass is 16.1. The average Bonchev–Trinajstić information content (AvgIpc) is 2.19. The molecule has 0 saturated heterocycles. The van der Waals surface area contributed by atoms with E-state index in [2.05, 4.69) is 18.4 Å². The van der Waals surface area contributed by atoms with Crippen molar-refractivity contribution in [3.05, 3.63) is 48.0 Å². The predicted molar refractivity (Wildman–Crippen MR) is 58.1 cm³/mol. The van der Waals surface area contributed by atoms with Gasteiger partial charge < -0.3 is 0 Å². The molecule has 0 spiro atoms. The summed E-state index contributed by atoms with van der Waals surface area (Å²) in [5.74, 6) is 5.82. The van der Waals surface area contributed by atoms with Crippen LogP contribution in [0.5, 0.6) is 0 Å². The van der Waals surface area contributed by atoms with Gasteiger partial charge in [0.25, 0.3) is 0 Å². The molecule has 0 fully saturated rings. The smallest absolute Gasteiger partial charge is 0.159 e. The van der Waals surface area contributed by atoms with Gasteiger partial charge in [-0.3, -0.25) is 4.79 Å². The fraction of sp³-hybridized carbons (Fsp3) is 0.154. The van der Waals surface area contributed by atoms with Crippen molar-refractivity contribution in [1.82, 2.24) is 0 Å². The van der Waals surface area contributed by atoms with Gasteiger partial charge >= 0.3 is 0 Å². The van der Waals surface area contributed by atoms with Crippen molar-refractivity contribution in [1.29, 1.82) is 0 Å². The first-order valence-electron chi connectivity index (χ1n) is 4.43. The van der Waals surface area contributed by atoms with E-state index in [4.69, 9.17) is 0 Å². The number of rotatable bonds is 2. The first-order chi connectivity index (χ1) is 6.74. The van der Waals surface area contributed by atoms with Crippen molar-refractivity contribution in [3.63, 3.8) is 0 Å². The summed E-state index contributed by atoms with van der Waals surface area (Å²) in [6.07, 6.45) is 2.27. The number of ketones is 1. The quantitative estimate of drug-likeness (QED) is 0.510. The maximum absolute atomic E-state index is 11.0. The summed E-state index contributed by atoms with van der Waals surface area (Å²) in [4.78, 5) is 11.0. The molecular weight excluding hydrogens is 172 g/mol. The van der Waals surface area contributed by atoms with Crippen LogP contribution in [0.4, 0.5) is 0 Å². The number of Topliss-reactive ketones (excluding diaryl/α,β-unsaturated/α-hetero) is 1. The Morgan fingerprint density at radius 2 is 2.07 bits per heavy atom. The average molecular weight is 184 g/mol.